The topological polar surface area (TPSA) is 44.3 Å². The zero-order valence-electron chi connectivity index (χ0n) is 12.4. The number of piperazine rings is 3. The molecule has 3 saturated heterocycles. The van der Waals surface area contributed by atoms with Crippen LogP contribution in [0.4, 0.5) is 5.82 Å². The Morgan fingerprint density at radius 2 is 2.05 bits per heavy atom. The quantitative estimate of drug-likeness (QED) is 0.921. The van der Waals surface area contributed by atoms with E-state index in [9.17, 15) is 0 Å². The van der Waals surface area contributed by atoms with E-state index in [-0.39, 0.29) is 0 Å². The van der Waals surface area contributed by atoms with E-state index < -0.39 is 0 Å². The molecule has 3 aliphatic rings. The third-order valence-electron chi connectivity index (χ3n) is 4.77. The Morgan fingerprint density at radius 3 is 2.81 bits per heavy atom. The lowest BCUT2D eigenvalue weighted by Crippen LogP contribution is -2.62. The second-order valence-electron chi connectivity index (χ2n) is 6.06. The van der Waals surface area contributed by atoms with Crippen LogP contribution in [0, 0.1) is 6.92 Å². The number of aromatic nitrogens is 2. The highest BCUT2D eigenvalue weighted by Gasteiger charge is 2.31. The maximum absolute atomic E-state index is 4.46. The molecule has 0 spiro atoms. The molecule has 21 heavy (non-hydrogen) atoms. The molecule has 2 bridgehead atoms. The summed E-state index contributed by atoms with van der Waals surface area (Å²) in [6.45, 7) is 9.12. The Hall–Kier alpha value is -1.72. The molecule has 1 unspecified atom stereocenters. The molecule has 4 heterocycles. The van der Waals surface area contributed by atoms with E-state index in [2.05, 4.69) is 38.1 Å². The van der Waals surface area contributed by atoms with Crippen molar-refractivity contribution in [2.24, 2.45) is 0 Å². The Bertz CT molecular complexity index is 643. The van der Waals surface area contributed by atoms with Gasteiger partial charge in [0, 0.05) is 50.7 Å². The van der Waals surface area contributed by atoms with Gasteiger partial charge in [-0.1, -0.05) is 12.1 Å². The van der Waals surface area contributed by atoms with E-state index in [1.54, 1.807) is 6.33 Å². The number of hydrogen-bond acceptors (Lipinski definition) is 5. The minimum atomic E-state index is 0.599. The largest absolute Gasteiger partial charge is 0.368 e. The second-order valence-corrected chi connectivity index (χ2v) is 6.06. The second kappa shape index (κ2) is 5.24. The van der Waals surface area contributed by atoms with Crippen molar-refractivity contribution in [2.45, 2.75) is 13.0 Å². The predicted molar refractivity (Wildman–Crippen MR) is 84.6 cm³/mol. The molecule has 3 aliphatic heterocycles. The maximum Gasteiger partial charge on any atom is 0.137 e. The monoisotopic (exact) mass is 283 g/mol. The summed E-state index contributed by atoms with van der Waals surface area (Å²) >= 11 is 0. The first-order chi connectivity index (χ1) is 10.3. The highest BCUT2D eigenvalue weighted by molar-refractivity contribution is 5.91. The van der Waals surface area contributed by atoms with Gasteiger partial charge in [0.05, 0.1) is 5.52 Å². The van der Waals surface area contributed by atoms with Crippen LogP contribution < -0.4 is 5.32 Å². The Kier molecular flexibility index (Phi) is 3.24. The van der Waals surface area contributed by atoms with Crippen molar-refractivity contribution in [3.8, 4) is 0 Å². The highest BCUT2D eigenvalue weighted by atomic mass is 15.3. The van der Waals surface area contributed by atoms with Gasteiger partial charge in [-0.15, -0.1) is 0 Å². The normalized spacial score (nSPS) is 28.0. The number of nitrogens with zero attached hydrogens (tertiary/aromatic N) is 4. The molecule has 0 saturated carbocycles. The van der Waals surface area contributed by atoms with Crippen molar-refractivity contribution in [3.05, 3.63) is 30.1 Å². The Balaban J connectivity index is 1.55. The van der Waals surface area contributed by atoms with E-state index in [1.165, 1.54) is 38.3 Å². The smallest absolute Gasteiger partial charge is 0.137 e. The summed E-state index contributed by atoms with van der Waals surface area (Å²) in [5.41, 5.74) is 2.24. The molecule has 5 heteroatoms. The lowest BCUT2D eigenvalue weighted by atomic mass is 10.1. The molecule has 0 aliphatic carbocycles. The summed E-state index contributed by atoms with van der Waals surface area (Å²) in [4.78, 5) is 14.0. The molecule has 1 atom stereocenters. The molecular weight excluding hydrogens is 262 g/mol. The first-order valence-electron chi connectivity index (χ1n) is 7.72. The fourth-order valence-corrected chi connectivity index (χ4v) is 3.55. The average Bonchev–Trinajstić information content (AvgIpc) is 2.54. The Labute approximate surface area is 125 Å². The van der Waals surface area contributed by atoms with Crippen LogP contribution in [0.1, 0.15) is 5.56 Å². The molecule has 2 aromatic rings. The van der Waals surface area contributed by atoms with Gasteiger partial charge in [0.25, 0.3) is 0 Å². The summed E-state index contributed by atoms with van der Waals surface area (Å²) in [6.07, 6.45) is 1.65. The van der Waals surface area contributed by atoms with Gasteiger partial charge >= 0.3 is 0 Å². The van der Waals surface area contributed by atoms with Crippen LogP contribution in [0.2, 0.25) is 0 Å². The molecule has 1 aromatic carbocycles. The molecule has 5 nitrogen and oxygen atoms in total. The van der Waals surface area contributed by atoms with Gasteiger partial charge in [0.15, 0.2) is 0 Å². The Morgan fingerprint density at radius 1 is 1.19 bits per heavy atom. The van der Waals surface area contributed by atoms with Gasteiger partial charge in [-0.25, -0.2) is 9.97 Å². The summed E-state index contributed by atoms with van der Waals surface area (Å²) in [5, 5.41) is 4.71. The zero-order chi connectivity index (χ0) is 14.2. The van der Waals surface area contributed by atoms with Crippen LogP contribution in [0.5, 0.6) is 0 Å². The number of fused-ring (bicyclic) bond motifs is 4. The lowest BCUT2D eigenvalue weighted by Gasteiger charge is -2.47. The molecule has 3 fully saturated rings. The van der Waals surface area contributed by atoms with Crippen LogP contribution in [-0.2, 0) is 0 Å². The molecule has 110 valence electrons. The molecule has 1 aromatic heterocycles. The molecule has 0 radical (unpaired) electrons. The van der Waals surface area contributed by atoms with Crippen LogP contribution in [0.25, 0.3) is 10.9 Å². The minimum absolute atomic E-state index is 0.599. The third kappa shape index (κ3) is 2.36. The number of nitrogens with one attached hydrogen (secondary N) is 1. The number of benzene rings is 1. The van der Waals surface area contributed by atoms with Crippen LogP contribution in [0.15, 0.2) is 24.5 Å². The summed E-state index contributed by atoms with van der Waals surface area (Å²) in [7, 11) is 0. The van der Waals surface area contributed by atoms with E-state index in [4.69, 9.17) is 0 Å². The number of anilines is 1. The van der Waals surface area contributed by atoms with Gasteiger partial charge in [0.2, 0.25) is 0 Å². The van der Waals surface area contributed by atoms with Crippen LogP contribution >= 0.6 is 0 Å². The minimum Gasteiger partial charge on any atom is -0.368 e. The number of rotatable bonds is 3. The van der Waals surface area contributed by atoms with Gasteiger partial charge in [0.1, 0.15) is 12.1 Å². The predicted octanol–water partition coefficient (Wildman–Crippen LogP) is 1.35. The summed E-state index contributed by atoms with van der Waals surface area (Å²) < 4.78 is 0. The fraction of sp³-hybridized carbons (Fsp3) is 0.500. The summed E-state index contributed by atoms with van der Waals surface area (Å²) in [6, 6.07) is 6.82. The number of aryl methyl sites for hydroxylation is 1. The average molecular weight is 283 g/mol. The molecule has 5 rings (SSSR count). The maximum atomic E-state index is 4.46. The van der Waals surface area contributed by atoms with Crippen molar-refractivity contribution in [2.75, 3.05) is 44.6 Å². The molecule has 0 amide bonds. The lowest BCUT2D eigenvalue weighted by molar-refractivity contribution is 0.0189. The van der Waals surface area contributed by atoms with Crippen molar-refractivity contribution >= 4 is 16.7 Å². The fourth-order valence-electron chi connectivity index (χ4n) is 3.55. The van der Waals surface area contributed by atoms with E-state index in [0.29, 0.717) is 6.04 Å². The van der Waals surface area contributed by atoms with Crippen molar-refractivity contribution in [3.63, 3.8) is 0 Å². The molecule has 1 N–H and O–H groups in total. The van der Waals surface area contributed by atoms with Crippen molar-refractivity contribution in [1.29, 1.82) is 0 Å². The first-order valence-corrected chi connectivity index (χ1v) is 7.72. The van der Waals surface area contributed by atoms with E-state index in [1.807, 2.05) is 12.1 Å². The van der Waals surface area contributed by atoms with Gasteiger partial charge in [-0.3, -0.25) is 9.80 Å². The van der Waals surface area contributed by atoms with Crippen molar-refractivity contribution in [1.82, 2.24) is 19.8 Å². The third-order valence-corrected chi connectivity index (χ3v) is 4.77. The van der Waals surface area contributed by atoms with E-state index in [0.717, 1.165) is 23.3 Å². The van der Waals surface area contributed by atoms with Gasteiger partial charge in [-0.2, -0.15) is 0 Å². The van der Waals surface area contributed by atoms with E-state index >= 15 is 0 Å². The molecular formula is C16H21N5. The van der Waals surface area contributed by atoms with Gasteiger partial charge < -0.3 is 5.32 Å². The SMILES string of the molecule is Cc1cccc2ncnc(NCC3CN4CCN3CC4)c12. The van der Waals surface area contributed by atoms with Crippen LogP contribution in [0.3, 0.4) is 0 Å². The summed E-state index contributed by atoms with van der Waals surface area (Å²) in [5.74, 6) is 0.968. The standard InChI is InChI=1S/C16H21N5/c1-12-3-2-4-14-15(12)16(19-11-18-14)17-9-13-10-20-5-7-21(13)8-6-20/h2-4,11,13H,5-10H2,1H3,(H,17,18,19). The van der Waals surface area contributed by atoms with Crippen LogP contribution in [-0.4, -0.2) is 65.1 Å². The van der Waals surface area contributed by atoms with Gasteiger partial charge in [-0.05, 0) is 18.6 Å². The van der Waals surface area contributed by atoms with Crippen molar-refractivity contribution < 1.29 is 0 Å². The highest BCUT2D eigenvalue weighted by Crippen LogP contribution is 2.23. The first kappa shape index (κ1) is 13.0. The number of hydrogen-bond donors (Lipinski definition) is 1. The zero-order valence-corrected chi connectivity index (χ0v) is 12.4.